The summed E-state index contributed by atoms with van der Waals surface area (Å²) < 4.78 is 2.44. The molecule has 8 aromatic carbocycles. The van der Waals surface area contributed by atoms with E-state index in [9.17, 15) is 0 Å². The first-order valence-electron chi connectivity index (χ1n) is 14.5. The minimum absolute atomic E-state index is 1.08. The molecule has 0 aliphatic rings. The van der Waals surface area contributed by atoms with Gasteiger partial charge in [0.05, 0.1) is 16.7 Å². The zero-order valence-electron chi connectivity index (χ0n) is 22.9. The van der Waals surface area contributed by atoms with Crippen molar-refractivity contribution in [1.29, 1.82) is 0 Å². The molecule has 9 rings (SSSR count). The van der Waals surface area contributed by atoms with E-state index in [-0.39, 0.29) is 0 Å². The average molecular weight is 535 g/mol. The lowest BCUT2D eigenvalue weighted by atomic mass is 9.89. The van der Waals surface area contributed by atoms with Crippen molar-refractivity contribution in [2.45, 2.75) is 0 Å². The Morgan fingerprint density at radius 1 is 0.381 bits per heavy atom. The molecular weight excluding hydrogens is 508 g/mol. The highest BCUT2D eigenvalue weighted by Crippen LogP contribution is 2.42. The molecule has 9 aromatic rings. The Hall–Kier alpha value is -5.60. The first-order chi connectivity index (χ1) is 20.8. The van der Waals surface area contributed by atoms with Gasteiger partial charge in [0.25, 0.3) is 0 Å². The molecule has 1 N–H and O–H groups in total. The van der Waals surface area contributed by atoms with Crippen LogP contribution in [0.1, 0.15) is 0 Å². The Bertz CT molecular complexity index is 2360. The molecule has 1 heterocycles. The maximum atomic E-state index is 3.50. The maximum absolute atomic E-state index is 3.50. The van der Waals surface area contributed by atoms with Gasteiger partial charge >= 0.3 is 0 Å². The minimum Gasteiger partial charge on any atom is -0.356 e. The lowest BCUT2D eigenvalue weighted by molar-refractivity contribution is 1.20. The summed E-state index contributed by atoms with van der Waals surface area (Å²) in [6.45, 7) is 0. The van der Waals surface area contributed by atoms with Crippen LogP contribution in [0.4, 0.5) is 11.4 Å². The summed E-state index contributed by atoms with van der Waals surface area (Å²) in [5, 5.41) is 13.8. The Kier molecular flexibility index (Phi) is 4.93. The topological polar surface area (TPSA) is 17.0 Å². The van der Waals surface area contributed by atoms with E-state index in [1.54, 1.807) is 0 Å². The second-order valence-corrected chi connectivity index (χ2v) is 11.1. The van der Waals surface area contributed by atoms with E-state index >= 15 is 0 Å². The van der Waals surface area contributed by atoms with Crippen LogP contribution in [-0.2, 0) is 0 Å². The molecule has 0 fully saturated rings. The lowest BCUT2D eigenvalue weighted by Crippen LogP contribution is -1.96. The number of rotatable bonds is 4. The number of benzene rings is 8. The summed E-state index contributed by atoms with van der Waals surface area (Å²) in [5.41, 5.74) is 8.33. The molecule has 0 amide bonds. The van der Waals surface area contributed by atoms with Crippen LogP contribution in [0.2, 0.25) is 0 Å². The van der Waals surface area contributed by atoms with Crippen LogP contribution >= 0.6 is 0 Å². The predicted molar refractivity (Wildman–Crippen MR) is 180 cm³/mol. The fourth-order valence-electron chi connectivity index (χ4n) is 6.84. The van der Waals surface area contributed by atoms with Gasteiger partial charge in [-0.1, -0.05) is 109 Å². The number of hydrogen-bond donors (Lipinski definition) is 1. The summed E-state index contributed by atoms with van der Waals surface area (Å²) in [6.07, 6.45) is 0. The van der Waals surface area contributed by atoms with Gasteiger partial charge < -0.3 is 9.88 Å². The van der Waals surface area contributed by atoms with Crippen LogP contribution in [0.3, 0.4) is 0 Å². The second-order valence-electron chi connectivity index (χ2n) is 11.1. The fourth-order valence-corrected chi connectivity index (χ4v) is 6.84. The van der Waals surface area contributed by atoms with Gasteiger partial charge in [0, 0.05) is 27.5 Å². The normalized spacial score (nSPS) is 11.8. The Balaban J connectivity index is 1.26. The zero-order valence-corrected chi connectivity index (χ0v) is 22.9. The van der Waals surface area contributed by atoms with Crippen LogP contribution in [-0.4, -0.2) is 4.57 Å². The molecule has 0 aliphatic carbocycles. The molecule has 0 saturated heterocycles. The van der Waals surface area contributed by atoms with E-state index in [2.05, 4.69) is 143 Å². The van der Waals surface area contributed by atoms with Gasteiger partial charge in [-0.2, -0.15) is 0 Å². The third-order valence-electron chi connectivity index (χ3n) is 8.72. The van der Waals surface area contributed by atoms with Gasteiger partial charge in [0.15, 0.2) is 0 Å². The highest BCUT2D eigenvalue weighted by atomic mass is 15.0. The molecule has 2 nitrogen and oxygen atoms in total. The van der Waals surface area contributed by atoms with E-state index in [4.69, 9.17) is 0 Å². The van der Waals surface area contributed by atoms with Crippen LogP contribution in [0, 0.1) is 0 Å². The Morgan fingerprint density at radius 3 is 1.64 bits per heavy atom. The van der Waals surface area contributed by atoms with Crippen molar-refractivity contribution < 1.29 is 0 Å². The number of nitrogens with one attached hydrogen (secondary N) is 1. The number of fused-ring (bicyclic) bond motifs is 3. The molecule has 0 radical (unpaired) electrons. The molecule has 0 saturated carbocycles. The van der Waals surface area contributed by atoms with E-state index in [0.29, 0.717) is 0 Å². The maximum Gasteiger partial charge on any atom is 0.0541 e. The lowest BCUT2D eigenvalue weighted by Gasteiger charge is -2.18. The number of nitrogens with zero attached hydrogens (tertiary/aromatic N) is 1. The summed E-state index contributed by atoms with van der Waals surface area (Å²) in [6, 6.07) is 54.9. The monoisotopic (exact) mass is 534 g/mol. The molecular formula is C40H26N2. The smallest absolute Gasteiger partial charge is 0.0541 e. The van der Waals surface area contributed by atoms with Crippen LogP contribution < -0.4 is 5.32 Å². The molecule has 42 heavy (non-hydrogen) atoms. The second kappa shape index (κ2) is 8.95. The largest absolute Gasteiger partial charge is 0.356 e. The standard InChI is InChI=1S/C40H26N2/c1-2-8-29(9-3-1)41-30-20-14-26(15-21-30)31-22-16-27-18-24-35-38(25-19-28-17-23-34(31)39(27)40(28)35)42-36-12-6-4-10-32(36)33-11-5-7-13-37(33)42/h1-25,41H. The summed E-state index contributed by atoms with van der Waals surface area (Å²) >= 11 is 0. The summed E-state index contributed by atoms with van der Waals surface area (Å²) in [5.74, 6) is 0. The molecule has 0 unspecified atom stereocenters. The Labute approximate surface area is 243 Å². The number of aromatic nitrogens is 1. The van der Waals surface area contributed by atoms with E-state index < -0.39 is 0 Å². The molecule has 0 bridgehead atoms. The Morgan fingerprint density at radius 2 is 0.929 bits per heavy atom. The average Bonchev–Trinajstić information content (AvgIpc) is 3.39. The van der Waals surface area contributed by atoms with Crippen molar-refractivity contribution in [1.82, 2.24) is 4.57 Å². The molecule has 0 aliphatic heterocycles. The number of para-hydroxylation sites is 3. The van der Waals surface area contributed by atoms with E-state index in [1.807, 2.05) is 18.2 Å². The van der Waals surface area contributed by atoms with E-state index in [0.717, 1.165) is 11.4 Å². The van der Waals surface area contributed by atoms with Gasteiger partial charge in [0.1, 0.15) is 0 Å². The number of anilines is 2. The van der Waals surface area contributed by atoms with Gasteiger partial charge in [-0.3, -0.25) is 0 Å². The van der Waals surface area contributed by atoms with Gasteiger partial charge in [0.2, 0.25) is 0 Å². The third-order valence-corrected chi connectivity index (χ3v) is 8.72. The fraction of sp³-hybridized carbons (Fsp3) is 0. The van der Waals surface area contributed by atoms with Crippen molar-refractivity contribution in [2.24, 2.45) is 0 Å². The van der Waals surface area contributed by atoms with Gasteiger partial charge in [-0.05, 0) is 80.5 Å². The molecule has 0 atom stereocenters. The van der Waals surface area contributed by atoms with Crippen LogP contribution in [0.5, 0.6) is 0 Å². The van der Waals surface area contributed by atoms with Crippen molar-refractivity contribution in [3.63, 3.8) is 0 Å². The summed E-state index contributed by atoms with van der Waals surface area (Å²) in [4.78, 5) is 0. The van der Waals surface area contributed by atoms with Crippen molar-refractivity contribution in [3.8, 4) is 16.8 Å². The van der Waals surface area contributed by atoms with E-state index in [1.165, 1.54) is 70.9 Å². The van der Waals surface area contributed by atoms with Crippen molar-refractivity contribution in [2.75, 3.05) is 5.32 Å². The number of hydrogen-bond acceptors (Lipinski definition) is 1. The highest BCUT2D eigenvalue weighted by molar-refractivity contribution is 6.27. The molecule has 196 valence electrons. The van der Waals surface area contributed by atoms with Crippen LogP contribution in [0.15, 0.2) is 152 Å². The zero-order chi connectivity index (χ0) is 27.6. The van der Waals surface area contributed by atoms with Crippen molar-refractivity contribution in [3.05, 3.63) is 152 Å². The van der Waals surface area contributed by atoms with Crippen LogP contribution in [0.25, 0.3) is 70.9 Å². The third kappa shape index (κ3) is 3.39. The SMILES string of the molecule is c1ccc(Nc2ccc(-c3ccc4ccc5c(-n6c7ccccc7c7ccccc76)ccc6ccc3c4c65)cc2)cc1. The van der Waals surface area contributed by atoms with Crippen molar-refractivity contribution >= 4 is 65.5 Å². The summed E-state index contributed by atoms with van der Waals surface area (Å²) in [7, 11) is 0. The molecule has 1 aromatic heterocycles. The van der Waals surface area contributed by atoms with Gasteiger partial charge in [-0.25, -0.2) is 0 Å². The molecule has 2 heteroatoms. The predicted octanol–water partition coefficient (Wildman–Crippen LogP) is 11.1. The minimum atomic E-state index is 1.08. The first-order valence-corrected chi connectivity index (χ1v) is 14.5. The highest BCUT2D eigenvalue weighted by Gasteiger charge is 2.17. The first kappa shape index (κ1) is 23.1. The molecule has 0 spiro atoms. The van der Waals surface area contributed by atoms with Gasteiger partial charge in [-0.15, -0.1) is 0 Å². The quantitative estimate of drug-likeness (QED) is 0.222.